The number of rotatable bonds is 6. The lowest BCUT2D eigenvalue weighted by Gasteiger charge is -2.14. The number of nitro groups is 1. The second-order valence-electron chi connectivity index (χ2n) is 5.56. The van der Waals surface area contributed by atoms with Gasteiger partial charge in [0.15, 0.2) is 17.2 Å². The van der Waals surface area contributed by atoms with E-state index in [2.05, 4.69) is 4.99 Å². The van der Waals surface area contributed by atoms with Crippen LogP contribution in [0.15, 0.2) is 47.1 Å². The van der Waals surface area contributed by atoms with Gasteiger partial charge in [0.2, 0.25) is 11.6 Å². The maximum atomic E-state index is 12.2. The molecule has 0 radical (unpaired) electrons. The molecule has 28 heavy (non-hydrogen) atoms. The number of nitrogens with zero attached hydrogens (tertiary/aromatic N) is 2. The lowest BCUT2D eigenvalue weighted by atomic mass is 10.1. The van der Waals surface area contributed by atoms with Crippen molar-refractivity contribution < 1.29 is 28.7 Å². The molecule has 3 rings (SSSR count). The summed E-state index contributed by atoms with van der Waals surface area (Å²) in [6, 6.07) is 8.92. The van der Waals surface area contributed by atoms with E-state index in [-0.39, 0.29) is 17.3 Å². The molecule has 144 valence electrons. The van der Waals surface area contributed by atoms with Gasteiger partial charge in [-0.15, -0.1) is 0 Å². The molecule has 2 aromatic rings. The Balaban J connectivity index is 1.98. The summed E-state index contributed by atoms with van der Waals surface area (Å²) in [7, 11) is 4.45. The van der Waals surface area contributed by atoms with Crippen molar-refractivity contribution >= 4 is 23.6 Å². The summed E-state index contributed by atoms with van der Waals surface area (Å²) in [5.74, 6) is 0.646. The minimum absolute atomic E-state index is 0.0545. The first-order chi connectivity index (χ1) is 13.5. The molecule has 0 fully saturated rings. The highest BCUT2D eigenvalue weighted by molar-refractivity contribution is 6.13. The zero-order valence-electron chi connectivity index (χ0n) is 15.3. The first-order valence-corrected chi connectivity index (χ1v) is 8.04. The highest BCUT2D eigenvalue weighted by atomic mass is 16.6. The summed E-state index contributed by atoms with van der Waals surface area (Å²) in [5, 5.41) is 10.7. The van der Waals surface area contributed by atoms with Gasteiger partial charge in [0, 0.05) is 23.3 Å². The van der Waals surface area contributed by atoms with Gasteiger partial charge in [-0.05, 0) is 30.3 Å². The third-order valence-electron chi connectivity index (χ3n) is 3.97. The van der Waals surface area contributed by atoms with E-state index in [0.717, 1.165) is 0 Å². The molecule has 2 aromatic carbocycles. The molecule has 0 saturated carbocycles. The summed E-state index contributed by atoms with van der Waals surface area (Å²) in [6.07, 6.45) is 1.50. The van der Waals surface area contributed by atoms with Crippen molar-refractivity contribution in [2.45, 2.75) is 0 Å². The fourth-order valence-corrected chi connectivity index (χ4v) is 2.64. The average molecular weight is 384 g/mol. The molecule has 1 aliphatic rings. The lowest BCUT2D eigenvalue weighted by Crippen LogP contribution is -2.05. The number of non-ortho nitro benzene ring substituents is 1. The third-order valence-corrected chi connectivity index (χ3v) is 3.97. The first kappa shape index (κ1) is 18.9. The number of carbonyl (C=O) groups excluding carboxylic acids is 1. The van der Waals surface area contributed by atoms with Crippen molar-refractivity contribution in [3.63, 3.8) is 0 Å². The second kappa shape index (κ2) is 7.78. The Labute approximate surface area is 160 Å². The Morgan fingerprint density at radius 3 is 2.25 bits per heavy atom. The largest absolute Gasteiger partial charge is 0.493 e. The minimum Gasteiger partial charge on any atom is -0.493 e. The van der Waals surface area contributed by atoms with Gasteiger partial charge in [-0.2, -0.15) is 0 Å². The Hall–Kier alpha value is -3.88. The van der Waals surface area contributed by atoms with Gasteiger partial charge in [-0.1, -0.05) is 0 Å². The normalized spacial score (nSPS) is 14.5. The number of hydrogen-bond acceptors (Lipinski definition) is 8. The number of benzene rings is 2. The molecule has 1 heterocycles. The number of nitro benzene ring substituents is 1. The smallest absolute Gasteiger partial charge is 0.363 e. The van der Waals surface area contributed by atoms with Crippen LogP contribution in [0.25, 0.3) is 6.08 Å². The average Bonchev–Trinajstić information content (AvgIpc) is 3.07. The molecule has 9 heteroatoms. The molecule has 9 nitrogen and oxygen atoms in total. The molecular formula is C19H16N2O7. The van der Waals surface area contributed by atoms with Gasteiger partial charge >= 0.3 is 5.97 Å². The van der Waals surface area contributed by atoms with E-state index in [1.165, 1.54) is 51.7 Å². The summed E-state index contributed by atoms with van der Waals surface area (Å²) < 4.78 is 21.1. The van der Waals surface area contributed by atoms with Crippen molar-refractivity contribution in [2.24, 2.45) is 4.99 Å². The maximum Gasteiger partial charge on any atom is 0.363 e. The maximum absolute atomic E-state index is 12.2. The molecule has 0 atom stereocenters. The van der Waals surface area contributed by atoms with Crippen molar-refractivity contribution in [1.29, 1.82) is 0 Å². The Bertz CT molecular complexity index is 994. The highest BCUT2D eigenvalue weighted by Gasteiger charge is 2.26. The van der Waals surface area contributed by atoms with E-state index in [4.69, 9.17) is 18.9 Å². The van der Waals surface area contributed by atoms with Gasteiger partial charge in [-0.3, -0.25) is 10.1 Å². The fourth-order valence-electron chi connectivity index (χ4n) is 2.64. The van der Waals surface area contributed by atoms with Crippen LogP contribution < -0.4 is 14.2 Å². The lowest BCUT2D eigenvalue weighted by molar-refractivity contribution is -0.384. The molecule has 0 aromatic heterocycles. The first-order valence-electron chi connectivity index (χ1n) is 8.04. The van der Waals surface area contributed by atoms with Crippen molar-refractivity contribution in [1.82, 2.24) is 0 Å². The number of cyclic esters (lactones) is 1. The Morgan fingerprint density at radius 1 is 1.00 bits per heavy atom. The minimum atomic E-state index is -0.648. The molecule has 0 spiro atoms. The van der Waals surface area contributed by atoms with E-state index >= 15 is 0 Å². The van der Waals surface area contributed by atoms with Gasteiger partial charge in [0.1, 0.15) is 0 Å². The predicted molar refractivity (Wildman–Crippen MR) is 99.8 cm³/mol. The SMILES string of the molecule is COc1ccc(/C=C2/N=C(c3ccc([N+](=O)[O-])cc3)OC2=O)c(OC)c1OC. The van der Waals surface area contributed by atoms with Crippen LogP contribution in [0.5, 0.6) is 17.2 Å². The monoisotopic (exact) mass is 384 g/mol. The van der Waals surface area contributed by atoms with Crippen LogP contribution in [-0.2, 0) is 9.53 Å². The topological polar surface area (TPSA) is 109 Å². The van der Waals surface area contributed by atoms with Crippen LogP contribution in [0.4, 0.5) is 5.69 Å². The fraction of sp³-hybridized carbons (Fsp3) is 0.158. The van der Waals surface area contributed by atoms with Gasteiger partial charge in [-0.25, -0.2) is 9.79 Å². The van der Waals surface area contributed by atoms with E-state index in [0.29, 0.717) is 28.4 Å². The standard InChI is InChI=1S/C19H16N2O7/c1-25-15-9-6-12(16(26-2)17(15)27-3)10-14-19(22)28-18(20-14)11-4-7-13(8-5-11)21(23)24/h4-10H,1-3H3/b14-10+. The van der Waals surface area contributed by atoms with E-state index in [9.17, 15) is 14.9 Å². The molecule has 0 aliphatic carbocycles. The van der Waals surface area contributed by atoms with Crippen LogP contribution in [0.2, 0.25) is 0 Å². The molecule has 0 bridgehead atoms. The van der Waals surface area contributed by atoms with Crippen molar-refractivity contribution in [3.05, 3.63) is 63.3 Å². The molecule has 0 N–H and O–H groups in total. The van der Waals surface area contributed by atoms with Gasteiger partial charge in [0.05, 0.1) is 26.3 Å². The molecule has 0 amide bonds. The Morgan fingerprint density at radius 2 is 1.68 bits per heavy atom. The quantitative estimate of drug-likeness (QED) is 0.326. The highest BCUT2D eigenvalue weighted by Crippen LogP contribution is 2.40. The van der Waals surface area contributed by atoms with Crippen LogP contribution in [0, 0.1) is 10.1 Å². The zero-order valence-corrected chi connectivity index (χ0v) is 15.3. The van der Waals surface area contributed by atoms with Crippen LogP contribution in [0.1, 0.15) is 11.1 Å². The summed E-state index contributed by atoms with van der Waals surface area (Å²) in [6.45, 7) is 0. The van der Waals surface area contributed by atoms with Crippen molar-refractivity contribution in [3.8, 4) is 17.2 Å². The number of aliphatic imine (C=N–C) groups is 1. The summed E-state index contributed by atoms with van der Waals surface area (Å²) in [5.41, 5.74) is 0.973. The summed E-state index contributed by atoms with van der Waals surface area (Å²) in [4.78, 5) is 26.6. The molecule has 0 unspecified atom stereocenters. The number of ether oxygens (including phenoxy) is 4. The van der Waals surface area contributed by atoms with Crippen LogP contribution in [-0.4, -0.2) is 38.1 Å². The van der Waals surface area contributed by atoms with Gasteiger partial charge in [0.25, 0.3) is 5.69 Å². The number of methoxy groups -OCH3 is 3. The molecule has 0 saturated heterocycles. The number of hydrogen-bond donors (Lipinski definition) is 0. The zero-order chi connectivity index (χ0) is 20.3. The molecule has 1 aliphatic heterocycles. The van der Waals surface area contributed by atoms with Crippen LogP contribution >= 0.6 is 0 Å². The van der Waals surface area contributed by atoms with Gasteiger partial charge < -0.3 is 18.9 Å². The number of carbonyl (C=O) groups is 1. The van der Waals surface area contributed by atoms with E-state index < -0.39 is 10.9 Å². The van der Waals surface area contributed by atoms with E-state index in [1.807, 2.05) is 0 Å². The summed E-state index contributed by atoms with van der Waals surface area (Å²) >= 11 is 0. The van der Waals surface area contributed by atoms with Crippen LogP contribution in [0.3, 0.4) is 0 Å². The number of esters is 1. The molecular weight excluding hydrogens is 368 g/mol. The predicted octanol–water partition coefficient (Wildman–Crippen LogP) is 2.97. The third kappa shape index (κ3) is 3.50. The van der Waals surface area contributed by atoms with E-state index in [1.54, 1.807) is 12.1 Å². The Kier molecular flexibility index (Phi) is 5.25. The van der Waals surface area contributed by atoms with Crippen molar-refractivity contribution in [2.75, 3.05) is 21.3 Å². The second-order valence-corrected chi connectivity index (χ2v) is 5.56.